The first-order valence-corrected chi connectivity index (χ1v) is 13.2. The molecular weight excluding hydrogens is 474 g/mol. The van der Waals surface area contributed by atoms with Gasteiger partial charge in [-0.05, 0) is 59.6 Å². The monoisotopic (exact) mass is 517 g/mol. The lowest BCUT2D eigenvalue weighted by Crippen LogP contribution is -2.55. The largest absolute Gasteiger partial charge is 0.444 e. The number of rotatable bonds is 11. The van der Waals surface area contributed by atoms with Gasteiger partial charge in [-0.15, -0.1) is 6.42 Å². The first kappa shape index (κ1) is 31.4. The summed E-state index contributed by atoms with van der Waals surface area (Å²) in [6, 6.07) is 5.14. The minimum atomic E-state index is -0.989. The number of ether oxygens (including phenoxy) is 1. The number of alkyl carbamates (subject to hydrolysis) is 1. The summed E-state index contributed by atoms with van der Waals surface area (Å²) in [6.07, 6.45) is 8.68. The highest BCUT2D eigenvalue weighted by Crippen LogP contribution is 2.27. The number of amides is 3. The van der Waals surface area contributed by atoms with Gasteiger partial charge in [0.25, 0.3) is 0 Å². The van der Waals surface area contributed by atoms with E-state index < -0.39 is 35.2 Å². The number of nitrogens with zero attached hydrogens (tertiary/aromatic N) is 1. The van der Waals surface area contributed by atoms with Crippen LogP contribution in [0, 0.1) is 12.3 Å². The highest BCUT2D eigenvalue weighted by atomic mass is 32.1. The van der Waals surface area contributed by atoms with Gasteiger partial charge in [0, 0.05) is 23.4 Å². The average molecular weight is 518 g/mol. The number of carbonyl (C=O) groups excluding carboxylic acids is 3. The molecule has 0 bridgehead atoms. The van der Waals surface area contributed by atoms with Crippen LogP contribution in [0.2, 0.25) is 0 Å². The van der Waals surface area contributed by atoms with Crippen LogP contribution in [0.3, 0.4) is 0 Å². The Hall–Kier alpha value is -2.66. The molecule has 3 amide bonds. The van der Waals surface area contributed by atoms with Crippen LogP contribution in [0.5, 0.6) is 0 Å². The maximum atomic E-state index is 13.9. The normalized spacial score (nSPS) is 13.2. The molecule has 2 N–H and O–H groups in total. The summed E-state index contributed by atoms with van der Waals surface area (Å²) in [4.78, 5) is 41.6. The van der Waals surface area contributed by atoms with Crippen molar-refractivity contribution < 1.29 is 19.1 Å². The summed E-state index contributed by atoms with van der Waals surface area (Å²) in [5, 5.41) is 5.63. The Balaban J connectivity index is 3.51. The number of hydrogen-bond acceptors (Lipinski definition) is 5. The lowest BCUT2D eigenvalue weighted by atomic mass is 9.96. The third-order valence-electron chi connectivity index (χ3n) is 5.18. The highest BCUT2D eigenvalue weighted by molar-refractivity contribution is 7.80. The molecule has 0 spiro atoms. The number of benzene rings is 1. The molecule has 8 heteroatoms. The minimum Gasteiger partial charge on any atom is -0.444 e. The molecule has 0 aliphatic rings. The van der Waals surface area contributed by atoms with Gasteiger partial charge in [0.15, 0.2) is 0 Å². The zero-order valence-corrected chi connectivity index (χ0v) is 23.7. The van der Waals surface area contributed by atoms with Gasteiger partial charge in [0.1, 0.15) is 17.7 Å². The molecule has 1 aromatic rings. The topological polar surface area (TPSA) is 87.7 Å². The SMILES string of the molecule is C#Cc1ccccc1C(C(=O)NC(C)(C)C)N(CCCCCC)C(=O)C(CS)NC(=O)OC(C)(C)C. The van der Waals surface area contributed by atoms with E-state index in [1.165, 1.54) is 4.90 Å². The zero-order valence-electron chi connectivity index (χ0n) is 22.8. The summed E-state index contributed by atoms with van der Waals surface area (Å²) in [7, 11) is 0. The van der Waals surface area contributed by atoms with Gasteiger partial charge in [-0.1, -0.05) is 50.3 Å². The van der Waals surface area contributed by atoms with Crippen molar-refractivity contribution >= 4 is 30.5 Å². The van der Waals surface area contributed by atoms with Crippen molar-refractivity contribution in [3.05, 3.63) is 35.4 Å². The Labute approximate surface area is 222 Å². The molecule has 0 fully saturated rings. The van der Waals surface area contributed by atoms with Crippen molar-refractivity contribution in [2.24, 2.45) is 0 Å². The van der Waals surface area contributed by atoms with E-state index in [1.54, 1.807) is 45.0 Å². The predicted octanol–water partition coefficient (Wildman–Crippen LogP) is 4.86. The van der Waals surface area contributed by atoms with E-state index in [2.05, 4.69) is 36.1 Å². The van der Waals surface area contributed by atoms with E-state index in [-0.39, 0.29) is 11.7 Å². The molecule has 0 radical (unpaired) electrons. The maximum Gasteiger partial charge on any atom is 0.408 e. The molecule has 0 aliphatic heterocycles. The number of nitrogens with one attached hydrogen (secondary N) is 2. The molecule has 2 unspecified atom stereocenters. The van der Waals surface area contributed by atoms with Crippen molar-refractivity contribution in [3.8, 4) is 12.3 Å². The van der Waals surface area contributed by atoms with Gasteiger partial charge in [-0.2, -0.15) is 12.6 Å². The van der Waals surface area contributed by atoms with E-state index in [4.69, 9.17) is 11.2 Å². The smallest absolute Gasteiger partial charge is 0.408 e. The predicted molar refractivity (Wildman–Crippen MR) is 148 cm³/mol. The summed E-state index contributed by atoms with van der Waals surface area (Å²) in [5.41, 5.74) is -0.175. The number of terminal acetylenes is 1. The molecule has 200 valence electrons. The molecule has 0 heterocycles. The second-order valence-electron chi connectivity index (χ2n) is 10.8. The Bertz CT molecular complexity index is 928. The Morgan fingerprint density at radius 1 is 1.08 bits per heavy atom. The van der Waals surface area contributed by atoms with Crippen LogP contribution >= 0.6 is 12.6 Å². The number of unbranched alkanes of at least 4 members (excludes halogenated alkanes) is 3. The minimum absolute atomic E-state index is 0.0356. The van der Waals surface area contributed by atoms with Gasteiger partial charge >= 0.3 is 6.09 Å². The van der Waals surface area contributed by atoms with Crippen LogP contribution < -0.4 is 10.6 Å². The lowest BCUT2D eigenvalue weighted by Gasteiger charge is -2.36. The van der Waals surface area contributed by atoms with Crippen LogP contribution in [0.1, 0.15) is 91.3 Å². The molecule has 0 saturated carbocycles. The van der Waals surface area contributed by atoms with Gasteiger partial charge in [-0.25, -0.2) is 4.79 Å². The standard InChI is InChI=1S/C28H43N3O4S/c1-9-11-12-15-18-31(25(33)22(19-36)29-26(34)35-28(6,7)8)23(24(32)30-27(3,4)5)21-17-14-13-16-20(21)10-2/h2,13-14,16-17,22-23,36H,9,11-12,15,18-19H2,1,3-8H3,(H,29,34)(H,30,32). The zero-order chi connectivity index (χ0) is 27.5. The van der Waals surface area contributed by atoms with Crippen molar-refractivity contribution in [1.29, 1.82) is 0 Å². The van der Waals surface area contributed by atoms with Crippen LogP contribution in [-0.4, -0.2) is 52.3 Å². The van der Waals surface area contributed by atoms with E-state index in [9.17, 15) is 14.4 Å². The summed E-state index contributed by atoms with van der Waals surface area (Å²) in [5.74, 6) is 1.91. The maximum absolute atomic E-state index is 13.9. The Morgan fingerprint density at radius 3 is 2.25 bits per heavy atom. The van der Waals surface area contributed by atoms with Gasteiger partial charge in [-0.3, -0.25) is 9.59 Å². The first-order chi connectivity index (χ1) is 16.7. The van der Waals surface area contributed by atoms with Crippen molar-refractivity contribution in [3.63, 3.8) is 0 Å². The summed E-state index contributed by atoms with van der Waals surface area (Å²) < 4.78 is 5.35. The van der Waals surface area contributed by atoms with Gasteiger partial charge < -0.3 is 20.3 Å². The summed E-state index contributed by atoms with van der Waals surface area (Å²) in [6.45, 7) is 13.3. The third kappa shape index (κ3) is 10.5. The summed E-state index contributed by atoms with van der Waals surface area (Å²) >= 11 is 4.32. The average Bonchev–Trinajstić information content (AvgIpc) is 2.76. The molecule has 36 heavy (non-hydrogen) atoms. The molecule has 7 nitrogen and oxygen atoms in total. The van der Waals surface area contributed by atoms with Crippen LogP contribution in [0.25, 0.3) is 0 Å². The Kier molecular flexibility index (Phi) is 12.4. The van der Waals surface area contributed by atoms with Gasteiger partial charge in [0.05, 0.1) is 0 Å². The number of carbonyl (C=O) groups is 3. The van der Waals surface area contributed by atoms with Crippen molar-refractivity contribution in [2.45, 2.75) is 97.4 Å². The van der Waals surface area contributed by atoms with Crippen LogP contribution in [0.4, 0.5) is 4.79 Å². The lowest BCUT2D eigenvalue weighted by molar-refractivity contribution is -0.142. The fourth-order valence-electron chi connectivity index (χ4n) is 3.67. The fourth-order valence-corrected chi connectivity index (χ4v) is 3.91. The molecule has 1 rings (SSSR count). The molecule has 0 aromatic heterocycles. The molecule has 1 aromatic carbocycles. The molecule has 0 aliphatic carbocycles. The second-order valence-corrected chi connectivity index (χ2v) is 11.2. The number of thiol groups is 1. The highest BCUT2D eigenvalue weighted by Gasteiger charge is 2.37. The van der Waals surface area contributed by atoms with Crippen LogP contribution in [0.15, 0.2) is 24.3 Å². The molecular formula is C28H43N3O4S. The first-order valence-electron chi connectivity index (χ1n) is 12.5. The van der Waals surface area contributed by atoms with E-state index in [0.29, 0.717) is 24.1 Å². The van der Waals surface area contributed by atoms with Gasteiger partial charge in [0.2, 0.25) is 11.8 Å². The van der Waals surface area contributed by atoms with E-state index in [1.807, 2.05) is 20.8 Å². The van der Waals surface area contributed by atoms with E-state index in [0.717, 1.165) is 19.3 Å². The molecule has 0 saturated heterocycles. The van der Waals surface area contributed by atoms with Crippen molar-refractivity contribution in [2.75, 3.05) is 12.3 Å². The molecule has 2 atom stereocenters. The second kappa shape index (κ2) is 14.2. The van der Waals surface area contributed by atoms with Crippen molar-refractivity contribution in [1.82, 2.24) is 15.5 Å². The van der Waals surface area contributed by atoms with Crippen LogP contribution in [-0.2, 0) is 14.3 Å². The third-order valence-corrected chi connectivity index (χ3v) is 5.54. The fraction of sp³-hybridized carbons (Fsp3) is 0.607. The quantitative estimate of drug-likeness (QED) is 0.222. The van der Waals surface area contributed by atoms with E-state index >= 15 is 0 Å². The Morgan fingerprint density at radius 2 is 1.72 bits per heavy atom. The number of hydrogen-bond donors (Lipinski definition) is 3.